The molecule has 0 radical (unpaired) electrons. The quantitative estimate of drug-likeness (QED) is 0.837. The van der Waals surface area contributed by atoms with Crippen molar-refractivity contribution in [3.63, 3.8) is 0 Å². The van der Waals surface area contributed by atoms with Crippen LogP contribution in [0.3, 0.4) is 0 Å². The molecule has 7 heteroatoms. The van der Waals surface area contributed by atoms with Crippen molar-refractivity contribution in [2.45, 2.75) is 38.4 Å². The van der Waals surface area contributed by atoms with Crippen molar-refractivity contribution in [2.75, 3.05) is 19.0 Å². The molecule has 0 atom stereocenters. The number of hydrogen-bond acceptors (Lipinski definition) is 3. The predicted octanol–water partition coefficient (Wildman–Crippen LogP) is 3.26. The van der Waals surface area contributed by atoms with Gasteiger partial charge in [0.25, 0.3) is 0 Å². The number of carbonyl (C=O) groups excluding carboxylic acids is 1. The van der Waals surface area contributed by atoms with Gasteiger partial charge < -0.3 is 9.64 Å². The molecule has 1 aliphatic rings. The summed E-state index contributed by atoms with van der Waals surface area (Å²) in [6.45, 7) is 1.43. The SMILES string of the molecule is COCCn1ccc(NC(=O)N(Cc2ccccc2F)C2CCC2)n1. The fourth-order valence-electron chi connectivity index (χ4n) is 2.79. The molecule has 2 aromatic rings. The molecular formula is C18H23FN4O2. The molecule has 1 N–H and O–H groups in total. The number of nitrogens with zero attached hydrogens (tertiary/aromatic N) is 3. The van der Waals surface area contributed by atoms with Crippen LogP contribution < -0.4 is 5.32 Å². The molecule has 3 rings (SSSR count). The highest BCUT2D eigenvalue weighted by atomic mass is 19.1. The minimum absolute atomic E-state index is 0.148. The fraction of sp³-hybridized carbons (Fsp3) is 0.444. The van der Waals surface area contributed by atoms with Crippen molar-refractivity contribution in [1.82, 2.24) is 14.7 Å². The molecule has 25 heavy (non-hydrogen) atoms. The first-order valence-corrected chi connectivity index (χ1v) is 8.51. The summed E-state index contributed by atoms with van der Waals surface area (Å²) >= 11 is 0. The van der Waals surface area contributed by atoms with E-state index in [-0.39, 0.29) is 24.4 Å². The number of benzene rings is 1. The highest BCUT2D eigenvalue weighted by molar-refractivity contribution is 5.88. The van der Waals surface area contributed by atoms with Crippen LogP contribution in [0.2, 0.25) is 0 Å². The van der Waals surface area contributed by atoms with Gasteiger partial charge in [0.15, 0.2) is 5.82 Å². The molecule has 6 nitrogen and oxygen atoms in total. The van der Waals surface area contributed by atoms with Crippen LogP contribution >= 0.6 is 0 Å². The molecule has 1 saturated carbocycles. The Hall–Kier alpha value is -2.41. The molecule has 1 aromatic carbocycles. The van der Waals surface area contributed by atoms with Crippen molar-refractivity contribution in [1.29, 1.82) is 0 Å². The summed E-state index contributed by atoms with van der Waals surface area (Å²) in [5.41, 5.74) is 0.523. The van der Waals surface area contributed by atoms with E-state index in [1.165, 1.54) is 6.07 Å². The number of amides is 2. The van der Waals surface area contributed by atoms with Gasteiger partial charge in [0.2, 0.25) is 0 Å². The molecule has 0 unspecified atom stereocenters. The zero-order chi connectivity index (χ0) is 17.6. The number of ether oxygens (including phenoxy) is 1. The minimum Gasteiger partial charge on any atom is -0.383 e. The van der Waals surface area contributed by atoms with Gasteiger partial charge in [0, 0.05) is 31.0 Å². The number of aromatic nitrogens is 2. The van der Waals surface area contributed by atoms with E-state index in [4.69, 9.17) is 4.74 Å². The van der Waals surface area contributed by atoms with Gasteiger partial charge in [-0.1, -0.05) is 18.2 Å². The highest BCUT2D eigenvalue weighted by Crippen LogP contribution is 2.27. The van der Waals surface area contributed by atoms with Crippen LogP contribution in [-0.2, 0) is 17.8 Å². The number of methoxy groups -OCH3 is 1. The maximum absolute atomic E-state index is 14.0. The summed E-state index contributed by atoms with van der Waals surface area (Å²) in [5, 5.41) is 7.12. The number of halogens is 1. The van der Waals surface area contributed by atoms with E-state index < -0.39 is 0 Å². The smallest absolute Gasteiger partial charge is 0.323 e. The molecule has 2 amide bonds. The van der Waals surface area contributed by atoms with E-state index in [1.54, 1.807) is 47.2 Å². The van der Waals surface area contributed by atoms with E-state index >= 15 is 0 Å². The second-order valence-electron chi connectivity index (χ2n) is 6.19. The normalized spacial score (nSPS) is 14.2. The summed E-state index contributed by atoms with van der Waals surface area (Å²) < 4.78 is 20.7. The van der Waals surface area contributed by atoms with Gasteiger partial charge in [-0.15, -0.1) is 0 Å². The zero-order valence-corrected chi connectivity index (χ0v) is 14.3. The topological polar surface area (TPSA) is 59.4 Å². The van der Waals surface area contributed by atoms with Gasteiger partial charge >= 0.3 is 6.03 Å². The molecule has 1 heterocycles. The largest absolute Gasteiger partial charge is 0.383 e. The Morgan fingerprint density at radius 3 is 2.88 bits per heavy atom. The van der Waals surface area contributed by atoms with E-state index in [0.29, 0.717) is 24.5 Å². The van der Waals surface area contributed by atoms with Crippen LogP contribution in [-0.4, -0.2) is 40.5 Å². The molecule has 0 saturated heterocycles. The van der Waals surface area contributed by atoms with Crippen LogP contribution in [0.25, 0.3) is 0 Å². The zero-order valence-electron chi connectivity index (χ0n) is 14.3. The van der Waals surface area contributed by atoms with Crippen molar-refractivity contribution >= 4 is 11.8 Å². The Balaban J connectivity index is 1.67. The summed E-state index contributed by atoms with van der Waals surface area (Å²) in [6, 6.07) is 8.22. The van der Waals surface area contributed by atoms with Gasteiger partial charge in [0.05, 0.1) is 19.7 Å². The average Bonchev–Trinajstić information content (AvgIpc) is 3.00. The highest BCUT2D eigenvalue weighted by Gasteiger charge is 2.29. The standard InChI is InChI=1S/C18H23FN4O2/c1-25-12-11-22-10-9-17(21-22)20-18(24)23(15-6-4-7-15)13-14-5-2-3-8-16(14)19/h2-3,5,8-10,15H,4,6-7,11-13H2,1H3,(H,20,21,24). The first-order valence-electron chi connectivity index (χ1n) is 8.51. The summed E-state index contributed by atoms with van der Waals surface area (Å²) in [6.07, 6.45) is 4.78. The van der Waals surface area contributed by atoms with E-state index in [2.05, 4.69) is 10.4 Å². The van der Waals surface area contributed by atoms with Crippen molar-refractivity contribution in [3.05, 3.63) is 47.9 Å². The molecule has 0 spiro atoms. The molecule has 1 aliphatic carbocycles. The number of rotatable bonds is 7. The summed E-state index contributed by atoms with van der Waals surface area (Å²) in [7, 11) is 1.63. The van der Waals surface area contributed by atoms with Crippen LogP contribution in [0.4, 0.5) is 15.0 Å². The van der Waals surface area contributed by atoms with E-state index in [0.717, 1.165) is 19.3 Å². The van der Waals surface area contributed by atoms with Crippen LogP contribution in [0.1, 0.15) is 24.8 Å². The monoisotopic (exact) mass is 346 g/mol. The first kappa shape index (κ1) is 17.4. The summed E-state index contributed by atoms with van der Waals surface area (Å²) in [4.78, 5) is 14.4. The van der Waals surface area contributed by atoms with Crippen molar-refractivity contribution in [3.8, 4) is 0 Å². The lowest BCUT2D eigenvalue weighted by atomic mass is 9.91. The Labute approximate surface area is 146 Å². The third-order valence-electron chi connectivity index (χ3n) is 4.48. The van der Waals surface area contributed by atoms with Crippen LogP contribution in [0.5, 0.6) is 0 Å². The minimum atomic E-state index is -0.288. The van der Waals surface area contributed by atoms with Crippen molar-refractivity contribution < 1.29 is 13.9 Å². The van der Waals surface area contributed by atoms with E-state index in [9.17, 15) is 9.18 Å². The lowest BCUT2D eigenvalue weighted by molar-refractivity contribution is 0.142. The Morgan fingerprint density at radius 2 is 2.20 bits per heavy atom. The molecule has 1 fully saturated rings. The molecule has 134 valence electrons. The Bertz CT molecular complexity index is 715. The number of urea groups is 1. The van der Waals surface area contributed by atoms with E-state index in [1.807, 2.05) is 0 Å². The molecular weight excluding hydrogens is 323 g/mol. The van der Waals surface area contributed by atoms with Crippen LogP contribution in [0.15, 0.2) is 36.5 Å². The molecule has 0 bridgehead atoms. The number of carbonyl (C=O) groups is 1. The lowest BCUT2D eigenvalue weighted by Gasteiger charge is -2.37. The maximum Gasteiger partial charge on any atom is 0.323 e. The lowest BCUT2D eigenvalue weighted by Crippen LogP contribution is -2.46. The molecule has 1 aromatic heterocycles. The second kappa shape index (κ2) is 8.11. The predicted molar refractivity (Wildman–Crippen MR) is 92.7 cm³/mol. The average molecular weight is 346 g/mol. The molecule has 0 aliphatic heterocycles. The third-order valence-corrected chi connectivity index (χ3v) is 4.48. The van der Waals surface area contributed by atoms with Gasteiger partial charge in [-0.05, 0) is 25.3 Å². The third kappa shape index (κ3) is 4.36. The van der Waals surface area contributed by atoms with Crippen LogP contribution in [0, 0.1) is 5.82 Å². The first-order chi connectivity index (χ1) is 12.2. The van der Waals surface area contributed by atoms with Gasteiger partial charge in [-0.3, -0.25) is 10.00 Å². The number of hydrogen-bond donors (Lipinski definition) is 1. The van der Waals surface area contributed by atoms with Gasteiger partial charge in [-0.25, -0.2) is 9.18 Å². The maximum atomic E-state index is 14.0. The number of anilines is 1. The summed E-state index contributed by atoms with van der Waals surface area (Å²) in [5.74, 6) is 0.197. The second-order valence-corrected chi connectivity index (χ2v) is 6.19. The van der Waals surface area contributed by atoms with Gasteiger partial charge in [-0.2, -0.15) is 5.10 Å². The Morgan fingerprint density at radius 1 is 1.40 bits per heavy atom. The van der Waals surface area contributed by atoms with Gasteiger partial charge in [0.1, 0.15) is 5.82 Å². The van der Waals surface area contributed by atoms with Crippen molar-refractivity contribution in [2.24, 2.45) is 0 Å². The fourth-order valence-corrected chi connectivity index (χ4v) is 2.79. The Kier molecular flexibility index (Phi) is 5.65. The number of nitrogens with one attached hydrogen (secondary N) is 1.